The molecule has 1 aromatic carbocycles. The minimum absolute atomic E-state index is 0.0474. The first kappa shape index (κ1) is 18.3. The SMILES string of the molecule is O=C(c1cc(F)ccc1F)N1CCC[C@@H](c2nccn2Cc2ccncc2)C1. The van der Waals surface area contributed by atoms with E-state index >= 15 is 0 Å². The van der Waals surface area contributed by atoms with Gasteiger partial charge in [0.15, 0.2) is 0 Å². The van der Waals surface area contributed by atoms with E-state index in [1.807, 2.05) is 18.3 Å². The first-order valence-corrected chi connectivity index (χ1v) is 9.26. The van der Waals surface area contributed by atoms with Crippen LogP contribution >= 0.6 is 0 Å². The van der Waals surface area contributed by atoms with Crippen molar-refractivity contribution in [2.45, 2.75) is 25.3 Å². The Kier molecular flexibility index (Phi) is 5.14. The molecule has 4 rings (SSSR count). The normalized spacial score (nSPS) is 16.9. The first-order valence-electron chi connectivity index (χ1n) is 9.26. The Morgan fingerprint density at radius 2 is 1.96 bits per heavy atom. The van der Waals surface area contributed by atoms with Crippen LogP contribution in [0.4, 0.5) is 8.78 Å². The fourth-order valence-electron chi connectivity index (χ4n) is 3.70. The van der Waals surface area contributed by atoms with E-state index in [9.17, 15) is 13.6 Å². The number of rotatable bonds is 4. The van der Waals surface area contributed by atoms with Crippen molar-refractivity contribution < 1.29 is 13.6 Å². The van der Waals surface area contributed by atoms with Gasteiger partial charge in [0.25, 0.3) is 5.91 Å². The van der Waals surface area contributed by atoms with E-state index in [4.69, 9.17) is 0 Å². The topological polar surface area (TPSA) is 51.0 Å². The Morgan fingerprint density at radius 1 is 1.14 bits per heavy atom. The predicted molar refractivity (Wildman–Crippen MR) is 99.8 cm³/mol. The van der Waals surface area contributed by atoms with Gasteiger partial charge >= 0.3 is 0 Å². The van der Waals surface area contributed by atoms with Crippen molar-refractivity contribution in [1.29, 1.82) is 0 Å². The lowest BCUT2D eigenvalue weighted by molar-refractivity contribution is 0.0698. The van der Waals surface area contributed by atoms with E-state index in [1.54, 1.807) is 23.5 Å². The summed E-state index contributed by atoms with van der Waals surface area (Å²) in [6.07, 6.45) is 8.85. The van der Waals surface area contributed by atoms with Crippen LogP contribution in [-0.2, 0) is 6.54 Å². The lowest BCUT2D eigenvalue weighted by Gasteiger charge is -2.33. The third-order valence-corrected chi connectivity index (χ3v) is 5.08. The fraction of sp³-hybridized carbons (Fsp3) is 0.286. The smallest absolute Gasteiger partial charge is 0.256 e. The number of hydrogen-bond donors (Lipinski definition) is 0. The molecular formula is C21H20F2N4O. The Hall–Kier alpha value is -3.09. The van der Waals surface area contributed by atoms with Gasteiger partial charge in [-0.1, -0.05) is 0 Å². The summed E-state index contributed by atoms with van der Waals surface area (Å²) in [5.41, 5.74) is 0.889. The Bertz CT molecular complexity index is 974. The fourth-order valence-corrected chi connectivity index (χ4v) is 3.70. The summed E-state index contributed by atoms with van der Waals surface area (Å²) in [5, 5.41) is 0. The number of halogens is 2. The number of nitrogens with zero attached hydrogens (tertiary/aromatic N) is 4. The second kappa shape index (κ2) is 7.88. The molecule has 3 aromatic rings. The molecule has 2 aromatic heterocycles. The highest BCUT2D eigenvalue weighted by atomic mass is 19.1. The minimum atomic E-state index is -0.701. The maximum absolute atomic E-state index is 14.0. The van der Waals surface area contributed by atoms with Gasteiger partial charge in [-0.25, -0.2) is 13.8 Å². The standard InChI is InChI=1S/C21H20F2N4O/c22-17-3-4-19(23)18(12-17)21(28)27-10-1-2-16(14-27)20-25-9-11-26(20)13-15-5-7-24-8-6-15/h3-9,11-12,16H,1-2,10,13-14H2/t16-/m1/s1. The minimum Gasteiger partial charge on any atom is -0.338 e. The van der Waals surface area contributed by atoms with Gasteiger partial charge in [-0.3, -0.25) is 9.78 Å². The summed E-state index contributed by atoms with van der Waals surface area (Å²) in [6, 6.07) is 6.87. The number of pyridine rings is 1. The number of aromatic nitrogens is 3. The summed E-state index contributed by atoms with van der Waals surface area (Å²) < 4.78 is 29.6. The number of piperidine rings is 1. The maximum Gasteiger partial charge on any atom is 0.256 e. The molecule has 0 bridgehead atoms. The summed E-state index contributed by atoms with van der Waals surface area (Å²) in [6.45, 7) is 1.62. The summed E-state index contributed by atoms with van der Waals surface area (Å²) in [4.78, 5) is 22.9. The molecule has 0 unspecified atom stereocenters. The van der Waals surface area contributed by atoms with Crippen molar-refractivity contribution in [3.05, 3.63) is 83.7 Å². The molecule has 1 aliphatic heterocycles. The zero-order valence-corrected chi connectivity index (χ0v) is 15.3. The monoisotopic (exact) mass is 382 g/mol. The summed E-state index contributed by atoms with van der Waals surface area (Å²) in [7, 11) is 0. The van der Waals surface area contributed by atoms with E-state index in [0.29, 0.717) is 19.6 Å². The molecular weight excluding hydrogens is 362 g/mol. The second-order valence-electron chi connectivity index (χ2n) is 6.98. The van der Waals surface area contributed by atoms with E-state index in [-0.39, 0.29) is 11.5 Å². The van der Waals surface area contributed by atoms with Gasteiger partial charge in [0.1, 0.15) is 17.5 Å². The number of carbonyl (C=O) groups is 1. The largest absolute Gasteiger partial charge is 0.338 e. The molecule has 144 valence electrons. The molecule has 0 radical (unpaired) electrons. The van der Waals surface area contributed by atoms with Crippen LogP contribution in [0.15, 0.2) is 55.1 Å². The third-order valence-electron chi connectivity index (χ3n) is 5.08. The Labute approximate surface area is 161 Å². The van der Waals surface area contributed by atoms with E-state index in [1.165, 1.54) is 0 Å². The van der Waals surface area contributed by atoms with Crippen molar-refractivity contribution in [1.82, 2.24) is 19.4 Å². The number of imidazole rings is 1. The van der Waals surface area contributed by atoms with Crippen molar-refractivity contribution in [3.8, 4) is 0 Å². The lowest BCUT2D eigenvalue weighted by atomic mass is 9.96. The molecule has 3 heterocycles. The van der Waals surface area contributed by atoms with Crippen molar-refractivity contribution >= 4 is 5.91 Å². The van der Waals surface area contributed by atoms with Crippen LogP contribution < -0.4 is 0 Å². The van der Waals surface area contributed by atoms with Crippen LogP contribution in [0.25, 0.3) is 0 Å². The molecule has 28 heavy (non-hydrogen) atoms. The Morgan fingerprint density at radius 3 is 2.79 bits per heavy atom. The third kappa shape index (κ3) is 3.78. The van der Waals surface area contributed by atoms with Gasteiger partial charge in [0.2, 0.25) is 0 Å². The average molecular weight is 382 g/mol. The number of benzene rings is 1. The van der Waals surface area contributed by atoms with Crippen LogP contribution in [0.5, 0.6) is 0 Å². The van der Waals surface area contributed by atoms with Gasteiger partial charge in [-0.15, -0.1) is 0 Å². The molecule has 0 aliphatic carbocycles. The van der Waals surface area contributed by atoms with Crippen LogP contribution in [-0.4, -0.2) is 38.4 Å². The molecule has 7 heteroatoms. The number of amides is 1. The second-order valence-corrected chi connectivity index (χ2v) is 6.98. The Balaban J connectivity index is 1.53. The molecule has 1 atom stereocenters. The molecule has 0 spiro atoms. The van der Waals surface area contributed by atoms with Crippen LogP contribution in [0, 0.1) is 11.6 Å². The molecule has 1 amide bonds. The molecule has 5 nitrogen and oxygen atoms in total. The highest BCUT2D eigenvalue weighted by Crippen LogP contribution is 2.27. The van der Waals surface area contributed by atoms with Crippen molar-refractivity contribution in [2.24, 2.45) is 0 Å². The maximum atomic E-state index is 14.0. The summed E-state index contributed by atoms with van der Waals surface area (Å²) in [5.74, 6) is -0.854. The van der Waals surface area contributed by atoms with Crippen LogP contribution in [0.3, 0.4) is 0 Å². The molecule has 1 aliphatic rings. The molecule has 1 saturated heterocycles. The average Bonchev–Trinajstić information content (AvgIpc) is 3.18. The van der Waals surface area contributed by atoms with Gasteiger partial charge < -0.3 is 9.47 Å². The molecule has 0 saturated carbocycles. The highest BCUT2D eigenvalue weighted by Gasteiger charge is 2.29. The van der Waals surface area contributed by atoms with E-state index < -0.39 is 17.5 Å². The zero-order chi connectivity index (χ0) is 19.5. The number of likely N-dealkylation sites (tertiary alicyclic amines) is 1. The van der Waals surface area contributed by atoms with Crippen LogP contribution in [0.2, 0.25) is 0 Å². The zero-order valence-electron chi connectivity index (χ0n) is 15.3. The van der Waals surface area contributed by atoms with Gasteiger partial charge in [0, 0.05) is 50.3 Å². The quantitative estimate of drug-likeness (QED) is 0.693. The number of carbonyl (C=O) groups excluding carboxylic acids is 1. The van der Waals surface area contributed by atoms with Gasteiger partial charge in [0.05, 0.1) is 5.56 Å². The van der Waals surface area contributed by atoms with Crippen LogP contribution in [0.1, 0.15) is 40.5 Å². The number of hydrogen-bond acceptors (Lipinski definition) is 3. The van der Waals surface area contributed by atoms with E-state index in [2.05, 4.69) is 14.5 Å². The van der Waals surface area contributed by atoms with Crippen molar-refractivity contribution in [3.63, 3.8) is 0 Å². The van der Waals surface area contributed by atoms with Gasteiger partial charge in [-0.2, -0.15) is 0 Å². The first-order chi connectivity index (χ1) is 13.6. The lowest BCUT2D eigenvalue weighted by Crippen LogP contribution is -2.40. The summed E-state index contributed by atoms with van der Waals surface area (Å²) >= 11 is 0. The molecule has 0 N–H and O–H groups in total. The highest BCUT2D eigenvalue weighted by molar-refractivity contribution is 5.94. The van der Waals surface area contributed by atoms with Crippen molar-refractivity contribution in [2.75, 3.05) is 13.1 Å². The van der Waals surface area contributed by atoms with Gasteiger partial charge in [-0.05, 0) is 48.7 Å². The predicted octanol–water partition coefficient (Wildman–Crippen LogP) is 3.62. The molecule has 1 fully saturated rings. The van der Waals surface area contributed by atoms with E-state index in [0.717, 1.165) is 42.4 Å².